The van der Waals surface area contributed by atoms with Crippen LogP contribution >= 0.6 is 0 Å². The SMILES string of the molecule is CC1CCCCC1Nc1c(N)cnc2ccccc12. The van der Waals surface area contributed by atoms with Crippen LogP contribution in [0.15, 0.2) is 30.5 Å². The minimum absolute atomic E-state index is 0.529. The van der Waals surface area contributed by atoms with Crippen LogP contribution in [0.5, 0.6) is 0 Å². The Morgan fingerprint density at radius 1 is 1.21 bits per heavy atom. The minimum atomic E-state index is 0.529. The number of benzene rings is 1. The molecular formula is C16H21N3. The second-order valence-electron chi connectivity index (χ2n) is 5.62. The molecule has 1 aromatic carbocycles. The quantitative estimate of drug-likeness (QED) is 0.858. The lowest BCUT2D eigenvalue weighted by molar-refractivity contribution is 0.350. The molecule has 1 aliphatic carbocycles. The van der Waals surface area contributed by atoms with Gasteiger partial charge in [-0.25, -0.2) is 0 Å². The van der Waals surface area contributed by atoms with Gasteiger partial charge >= 0.3 is 0 Å². The Morgan fingerprint density at radius 2 is 2.00 bits per heavy atom. The third-order valence-corrected chi connectivity index (χ3v) is 4.25. The first-order valence-corrected chi connectivity index (χ1v) is 7.15. The van der Waals surface area contributed by atoms with Gasteiger partial charge in [-0.15, -0.1) is 0 Å². The molecule has 3 nitrogen and oxygen atoms in total. The van der Waals surface area contributed by atoms with E-state index in [9.17, 15) is 0 Å². The number of pyridine rings is 1. The number of hydrogen-bond acceptors (Lipinski definition) is 3. The van der Waals surface area contributed by atoms with E-state index in [1.165, 1.54) is 25.7 Å². The number of nitrogens with two attached hydrogens (primary N) is 1. The summed E-state index contributed by atoms with van der Waals surface area (Å²) >= 11 is 0. The molecule has 0 spiro atoms. The monoisotopic (exact) mass is 255 g/mol. The number of anilines is 2. The molecule has 2 atom stereocenters. The number of hydrogen-bond donors (Lipinski definition) is 2. The second kappa shape index (κ2) is 5.08. The van der Waals surface area contributed by atoms with Gasteiger partial charge in [-0.1, -0.05) is 38.0 Å². The van der Waals surface area contributed by atoms with E-state index in [1.807, 2.05) is 18.2 Å². The lowest BCUT2D eigenvalue weighted by Gasteiger charge is -2.31. The summed E-state index contributed by atoms with van der Waals surface area (Å²) in [5.74, 6) is 0.708. The number of rotatable bonds is 2. The van der Waals surface area contributed by atoms with Crippen LogP contribution in [0.3, 0.4) is 0 Å². The predicted molar refractivity (Wildman–Crippen MR) is 81.2 cm³/mol. The highest BCUT2D eigenvalue weighted by Gasteiger charge is 2.22. The Labute approximate surface area is 114 Å². The highest BCUT2D eigenvalue weighted by Crippen LogP contribution is 2.32. The molecule has 0 saturated heterocycles. The lowest BCUT2D eigenvalue weighted by atomic mass is 9.85. The first-order chi connectivity index (χ1) is 9.25. The van der Waals surface area contributed by atoms with Crippen molar-refractivity contribution in [3.8, 4) is 0 Å². The average Bonchev–Trinajstić information content (AvgIpc) is 2.44. The highest BCUT2D eigenvalue weighted by atomic mass is 15.0. The van der Waals surface area contributed by atoms with Crippen molar-refractivity contribution in [2.75, 3.05) is 11.1 Å². The van der Waals surface area contributed by atoms with Gasteiger partial charge in [-0.3, -0.25) is 4.98 Å². The number of aromatic nitrogens is 1. The fourth-order valence-corrected chi connectivity index (χ4v) is 3.03. The summed E-state index contributed by atoms with van der Waals surface area (Å²) < 4.78 is 0. The molecular weight excluding hydrogens is 234 g/mol. The second-order valence-corrected chi connectivity index (χ2v) is 5.62. The summed E-state index contributed by atoms with van der Waals surface area (Å²) in [6.45, 7) is 2.33. The van der Waals surface area contributed by atoms with E-state index in [2.05, 4.69) is 23.3 Å². The summed E-state index contributed by atoms with van der Waals surface area (Å²) in [4.78, 5) is 4.39. The largest absolute Gasteiger partial charge is 0.396 e. The van der Waals surface area contributed by atoms with E-state index in [4.69, 9.17) is 5.73 Å². The fraction of sp³-hybridized carbons (Fsp3) is 0.438. The molecule has 3 rings (SSSR count). The number of fused-ring (bicyclic) bond motifs is 1. The van der Waals surface area contributed by atoms with Gasteiger partial charge in [0.2, 0.25) is 0 Å². The zero-order valence-electron chi connectivity index (χ0n) is 11.4. The van der Waals surface area contributed by atoms with E-state index in [0.717, 1.165) is 22.3 Å². The molecule has 100 valence electrons. The zero-order valence-corrected chi connectivity index (χ0v) is 11.4. The van der Waals surface area contributed by atoms with Crippen molar-refractivity contribution in [3.05, 3.63) is 30.5 Å². The third kappa shape index (κ3) is 2.37. The van der Waals surface area contributed by atoms with Gasteiger partial charge < -0.3 is 11.1 Å². The van der Waals surface area contributed by atoms with E-state index in [-0.39, 0.29) is 0 Å². The van der Waals surface area contributed by atoms with Crippen LogP contribution in [0.1, 0.15) is 32.6 Å². The molecule has 1 aromatic heterocycles. The fourth-order valence-electron chi connectivity index (χ4n) is 3.03. The Balaban J connectivity index is 1.97. The zero-order chi connectivity index (χ0) is 13.2. The van der Waals surface area contributed by atoms with Gasteiger partial charge in [-0.2, -0.15) is 0 Å². The van der Waals surface area contributed by atoms with E-state index >= 15 is 0 Å². The van der Waals surface area contributed by atoms with Crippen molar-refractivity contribution >= 4 is 22.3 Å². The Morgan fingerprint density at radius 3 is 2.84 bits per heavy atom. The molecule has 1 aliphatic rings. The van der Waals surface area contributed by atoms with Gasteiger partial charge in [0.15, 0.2) is 0 Å². The van der Waals surface area contributed by atoms with Crippen molar-refractivity contribution in [1.82, 2.24) is 4.98 Å². The molecule has 0 aliphatic heterocycles. The van der Waals surface area contributed by atoms with Crippen LogP contribution in [0.4, 0.5) is 11.4 Å². The molecule has 19 heavy (non-hydrogen) atoms. The maximum atomic E-state index is 6.12. The first-order valence-electron chi connectivity index (χ1n) is 7.15. The van der Waals surface area contributed by atoms with Gasteiger partial charge in [-0.05, 0) is 24.8 Å². The molecule has 3 N–H and O–H groups in total. The molecule has 1 saturated carbocycles. The first kappa shape index (κ1) is 12.3. The third-order valence-electron chi connectivity index (χ3n) is 4.25. The molecule has 3 heteroatoms. The standard InChI is InChI=1S/C16H21N3/c1-11-6-2-4-8-14(11)19-16-12-7-3-5-9-15(12)18-10-13(16)17/h3,5,7,9-11,14H,2,4,6,8,17H2,1H3,(H,18,19). The Kier molecular flexibility index (Phi) is 3.28. The van der Waals surface area contributed by atoms with Crippen LogP contribution in [-0.4, -0.2) is 11.0 Å². The Bertz CT molecular complexity index is 579. The van der Waals surface area contributed by atoms with Crippen LogP contribution in [-0.2, 0) is 0 Å². The summed E-state index contributed by atoms with van der Waals surface area (Å²) in [5, 5.41) is 4.80. The van der Waals surface area contributed by atoms with Crippen molar-refractivity contribution in [2.24, 2.45) is 5.92 Å². The number of nitrogens with one attached hydrogen (secondary N) is 1. The molecule has 2 aromatic rings. The van der Waals surface area contributed by atoms with E-state index in [0.29, 0.717) is 12.0 Å². The van der Waals surface area contributed by atoms with Crippen molar-refractivity contribution in [2.45, 2.75) is 38.6 Å². The van der Waals surface area contributed by atoms with Crippen molar-refractivity contribution < 1.29 is 0 Å². The van der Waals surface area contributed by atoms with Crippen molar-refractivity contribution in [3.63, 3.8) is 0 Å². The average molecular weight is 255 g/mol. The van der Waals surface area contributed by atoms with Gasteiger partial charge in [0.1, 0.15) is 0 Å². The Hall–Kier alpha value is -1.77. The van der Waals surface area contributed by atoms with Gasteiger partial charge in [0, 0.05) is 11.4 Å². The molecule has 0 radical (unpaired) electrons. The number of para-hydroxylation sites is 1. The topological polar surface area (TPSA) is 50.9 Å². The van der Waals surface area contributed by atoms with Crippen LogP contribution < -0.4 is 11.1 Å². The van der Waals surface area contributed by atoms with Crippen LogP contribution in [0, 0.1) is 5.92 Å². The van der Waals surface area contributed by atoms with E-state index < -0.39 is 0 Å². The number of nitrogen functional groups attached to an aromatic ring is 1. The van der Waals surface area contributed by atoms with Crippen molar-refractivity contribution in [1.29, 1.82) is 0 Å². The minimum Gasteiger partial charge on any atom is -0.396 e. The molecule has 0 bridgehead atoms. The molecule has 1 heterocycles. The highest BCUT2D eigenvalue weighted by molar-refractivity contribution is 5.96. The molecule has 0 amide bonds. The summed E-state index contributed by atoms with van der Waals surface area (Å²) in [6.07, 6.45) is 6.97. The van der Waals surface area contributed by atoms with E-state index in [1.54, 1.807) is 6.20 Å². The van der Waals surface area contributed by atoms with Gasteiger partial charge in [0.05, 0.1) is 23.1 Å². The maximum Gasteiger partial charge on any atom is 0.0743 e. The molecule has 2 unspecified atom stereocenters. The predicted octanol–water partition coefficient (Wildman–Crippen LogP) is 3.81. The molecule has 1 fully saturated rings. The summed E-state index contributed by atoms with van der Waals surface area (Å²) in [6, 6.07) is 8.71. The summed E-state index contributed by atoms with van der Waals surface area (Å²) in [7, 11) is 0. The normalized spacial score (nSPS) is 23.4. The van der Waals surface area contributed by atoms with Gasteiger partial charge in [0.25, 0.3) is 0 Å². The van der Waals surface area contributed by atoms with Crippen LogP contribution in [0.25, 0.3) is 10.9 Å². The van der Waals surface area contributed by atoms with Crippen LogP contribution in [0.2, 0.25) is 0 Å². The number of nitrogens with zero attached hydrogens (tertiary/aromatic N) is 1. The smallest absolute Gasteiger partial charge is 0.0743 e. The summed E-state index contributed by atoms with van der Waals surface area (Å²) in [5.41, 5.74) is 8.93. The maximum absolute atomic E-state index is 6.12. The lowest BCUT2D eigenvalue weighted by Crippen LogP contribution is -2.30.